The molecule has 58 valence electrons. The van der Waals surface area contributed by atoms with Gasteiger partial charge in [0.2, 0.25) is 0 Å². The molecule has 0 saturated heterocycles. The number of carbonyl (C=O) groups is 1. The predicted octanol–water partition coefficient (Wildman–Crippen LogP) is 0.903. The molecular formula is C7H14N2O. The normalized spacial score (nSPS) is 10.3. The van der Waals surface area contributed by atoms with Gasteiger partial charge in [0.1, 0.15) is 0 Å². The van der Waals surface area contributed by atoms with Crippen molar-refractivity contribution in [2.75, 3.05) is 13.6 Å². The summed E-state index contributed by atoms with van der Waals surface area (Å²) in [4.78, 5) is 10.5. The van der Waals surface area contributed by atoms with Crippen molar-refractivity contribution < 1.29 is 4.79 Å². The van der Waals surface area contributed by atoms with Gasteiger partial charge in [0.05, 0.1) is 6.54 Å². The number of Topliss-reactive ketones (excluding diaryl/α,β-unsaturated/α-hetero) is 1. The number of hydrogen-bond acceptors (Lipinski definition) is 3. The predicted molar refractivity (Wildman–Crippen MR) is 42.1 cm³/mol. The second kappa shape index (κ2) is 4.97. The van der Waals surface area contributed by atoms with Crippen LogP contribution in [0.2, 0.25) is 0 Å². The number of hydrogen-bond donors (Lipinski definition) is 0. The Hall–Kier alpha value is -0.860. The minimum absolute atomic E-state index is 0.135. The lowest BCUT2D eigenvalue weighted by molar-refractivity contribution is -0.117. The van der Waals surface area contributed by atoms with E-state index in [1.165, 1.54) is 0 Å². The second-order valence-electron chi connectivity index (χ2n) is 2.22. The van der Waals surface area contributed by atoms with E-state index in [4.69, 9.17) is 0 Å². The first-order chi connectivity index (χ1) is 4.66. The fourth-order valence-electron chi connectivity index (χ4n) is 0.584. The Bertz CT molecular complexity index is 132. The smallest absolute Gasteiger partial charge is 0.150 e. The molecule has 0 aromatic carbocycles. The molecule has 0 saturated carbocycles. The molecule has 0 fully saturated rings. The number of ketones is 1. The molecule has 0 bridgehead atoms. The minimum atomic E-state index is 0.135. The van der Waals surface area contributed by atoms with E-state index in [1.807, 2.05) is 6.92 Å². The summed E-state index contributed by atoms with van der Waals surface area (Å²) in [5.41, 5.74) is 0. The topological polar surface area (TPSA) is 32.7 Å². The molecule has 3 heteroatoms. The third-order valence-electron chi connectivity index (χ3n) is 0.913. The van der Waals surface area contributed by atoms with Gasteiger partial charge in [0.25, 0.3) is 0 Å². The summed E-state index contributed by atoms with van der Waals surface area (Å²) in [7, 11) is 1.79. The summed E-state index contributed by atoms with van der Waals surface area (Å²) in [6.45, 7) is 3.96. The zero-order valence-corrected chi connectivity index (χ0v) is 6.79. The molecule has 0 aliphatic heterocycles. The van der Waals surface area contributed by atoms with E-state index in [0.717, 1.165) is 6.42 Å². The maximum absolute atomic E-state index is 10.5. The first kappa shape index (κ1) is 9.14. The molecule has 0 rings (SSSR count). The van der Waals surface area contributed by atoms with E-state index in [2.05, 4.69) is 5.10 Å². The van der Waals surface area contributed by atoms with Gasteiger partial charge in [0.15, 0.2) is 5.78 Å². The highest BCUT2D eigenvalue weighted by atomic mass is 16.1. The van der Waals surface area contributed by atoms with Crippen molar-refractivity contribution >= 4 is 12.0 Å². The van der Waals surface area contributed by atoms with Crippen molar-refractivity contribution in [2.45, 2.75) is 20.3 Å². The van der Waals surface area contributed by atoms with Gasteiger partial charge >= 0.3 is 0 Å². The zero-order chi connectivity index (χ0) is 7.98. The molecule has 0 aromatic heterocycles. The Balaban J connectivity index is 3.52. The van der Waals surface area contributed by atoms with Crippen molar-refractivity contribution in [1.29, 1.82) is 0 Å². The molecule has 10 heavy (non-hydrogen) atoms. The quantitative estimate of drug-likeness (QED) is 0.431. The van der Waals surface area contributed by atoms with Crippen molar-refractivity contribution in [3.8, 4) is 0 Å². The molecule has 0 unspecified atom stereocenters. The van der Waals surface area contributed by atoms with Gasteiger partial charge in [-0.1, -0.05) is 6.92 Å². The molecule has 0 spiro atoms. The Morgan fingerprint density at radius 2 is 2.30 bits per heavy atom. The molecule has 0 atom stereocenters. The lowest BCUT2D eigenvalue weighted by Crippen LogP contribution is -2.18. The molecule has 0 N–H and O–H groups in total. The average Bonchev–Trinajstić information content (AvgIpc) is 1.82. The van der Waals surface area contributed by atoms with Crippen LogP contribution in [0.15, 0.2) is 5.10 Å². The highest BCUT2D eigenvalue weighted by Crippen LogP contribution is 1.83. The van der Waals surface area contributed by atoms with Gasteiger partial charge in [-0.15, -0.1) is 0 Å². The van der Waals surface area contributed by atoms with E-state index in [-0.39, 0.29) is 5.78 Å². The van der Waals surface area contributed by atoms with Gasteiger partial charge in [-0.05, 0) is 13.3 Å². The van der Waals surface area contributed by atoms with Crippen molar-refractivity contribution in [1.82, 2.24) is 5.01 Å². The van der Waals surface area contributed by atoms with Crippen LogP contribution in [-0.2, 0) is 4.79 Å². The van der Waals surface area contributed by atoms with Crippen LogP contribution >= 0.6 is 0 Å². The standard InChI is InChI=1S/C7H14N2O/c1-4-5-8-9(3)6-7(2)10/h5H,4,6H2,1-3H3/b8-5-. The van der Waals surface area contributed by atoms with E-state index in [1.54, 1.807) is 25.2 Å². The SMILES string of the molecule is CC/C=N\N(C)CC(C)=O. The summed E-state index contributed by atoms with van der Waals surface area (Å²) in [6, 6.07) is 0. The number of likely N-dealkylation sites (N-methyl/N-ethyl adjacent to an activating group) is 1. The van der Waals surface area contributed by atoms with Gasteiger partial charge in [-0.2, -0.15) is 5.10 Å². The van der Waals surface area contributed by atoms with E-state index in [9.17, 15) is 4.79 Å². The van der Waals surface area contributed by atoms with Crippen LogP contribution in [0.4, 0.5) is 0 Å². The Morgan fingerprint density at radius 1 is 1.70 bits per heavy atom. The summed E-state index contributed by atoms with van der Waals surface area (Å²) < 4.78 is 0. The van der Waals surface area contributed by atoms with Crippen LogP contribution in [0.5, 0.6) is 0 Å². The largest absolute Gasteiger partial charge is 0.298 e. The lowest BCUT2D eigenvalue weighted by atomic mass is 10.4. The Kier molecular flexibility index (Phi) is 4.54. The fraction of sp³-hybridized carbons (Fsp3) is 0.714. The van der Waals surface area contributed by atoms with Crippen LogP contribution in [-0.4, -0.2) is 30.6 Å². The van der Waals surface area contributed by atoms with Crippen molar-refractivity contribution in [3.05, 3.63) is 0 Å². The number of carbonyl (C=O) groups excluding carboxylic acids is 1. The molecule has 0 heterocycles. The minimum Gasteiger partial charge on any atom is -0.298 e. The molecule has 0 amide bonds. The third-order valence-corrected chi connectivity index (χ3v) is 0.913. The molecule has 0 radical (unpaired) electrons. The summed E-state index contributed by atoms with van der Waals surface area (Å²) in [5.74, 6) is 0.135. The zero-order valence-electron chi connectivity index (χ0n) is 6.79. The average molecular weight is 142 g/mol. The number of hydrazone groups is 1. The highest BCUT2D eigenvalue weighted by Gasteiger charge is 1.94. The highest BCUT2D eigenvalue weighted by molar-refractivity contribution is 5.77. The van der Waals surface area contributed by atoms with Crippen LogP contribution < -0.4 is 0 Å². The van der Waals surface area contributed by atoms with Crippen molar-refractivity contribution in [2.24, 2.45) is 5.10 Å². The molecule has 0 aliphatic rings. The molecular weight excluding hydrogens is 128 g/mol. The lowest BCUT2D eigenvalue weighted by Gasteiger charge is -2.08. The van der Waals surface area contributed by atoms with Gasteiger partial charge < -0.3 is 0 Å². The number of rotatable bonds is 4. The maximum Gasteiger partial charge on any atom is 0.150 e. The maximum atomic E-state index is 10.5. The molecule has 0 aliphatic carbocycles. The number of nitrogens with zero attached hydrogens (tertiary/aromatic N) is 2. The molecule has 0 aromatic rings. The molecule has 3 nitrogen and oxygen atoms in total. The first-order valence-corrected chi connectivity index (χ1v) is 3.39. The monoisotopic (exact) mass is 142 g/mol. The summed E-state index contributed by atoms with van der Waals surface area (Å²) in [5, 5.41) is 5.60. The second-order valence-corrected chi connectivity index (χ2v) is 2.22. The van der Waals surface area contributed by atoms with E-state index >= 15 is 0 Å². The fourth-order valence-corrected chi connectivity index (χ4v) is 0.584. The summed E-state index contributed by atoms with van der Waals surface area (Å²) in [6.07, 6.45) is 2.69. The van der Waals surface area contributed by atoms with E-state index in [0.29, 0.717) is 6.54 Å². The third kappa shape index (κ3) is 5.28. The van der Waals surface area contributed by atoms with Crippen LogP contribution in [0.3, 0.4) is 0 Å². The van der Waals surface area contributed by atoms with Crippen LogP contribution in [0.25, 0.3) is 0 Å². The van der Waals surface area contributed by atoms with Gasteiger partial charge in [0, 0.05) is 13.3 Å². The van der Waals surface area contributed by atoms with Gasteiger partial charge in [-0.25, -0.2) is 0 Å². The van der Waals surface area contributed by atoms with Crippen LogP contribution in [0.1, 0.15) is 20.3 Å². The van der Waals surface area contributed by atoms with Gasteiger partial charge in [-0.3, -0.25) is 9.80 Å². The van der Waals surface area contributed by atoms with Crippen LogP contribution in [0, 0.1) is 0 Å². The van der Waals surface area contributed by atoms with E-state index < -0.39 is 0 Å². The first-order valence-electron chi connectivity index (χ1n) is 3.39. The summed E-state index contributed by atoms with van der Waals surface area (Å²) >= 11 is 0. The Labute approximate surface area is 61.7 Å². The Morgan fingerprint density at radius 3 is 2.70 bits per heavy atom. The van der Waals surface area contributed by atoms with Crippen molar-refractivity contribution in [3.63, 3.8) is 0 Å².